The third kappa shape index (κ3) is 3.09. The molecule has 2 heterocycles. The Bertz CT molecular complexity index is 1070. The Hall–Kier alpha value is -2.35. The Labute approximate surface area is 152 Å². The quantitative estimate of drug-likeness (QED) is 0.719. The number of nitrogens with one attached hydrogen (secondary N) is 1. The molecule has 6 nitrogen and oxygen atoms in total. The van der Waals surface area contributed by atoms with E-state index in [4.69, 9.17) is 4.74 Å². The minimum absolute atomic E-state index is 0.0890. The van der Waals surface area contributed by atoms with Crippen molar-refractivity contribution in [2.24, 2.45) is 7.05 Å². The van der Waals surface area contributed by atoms with E-state index in [2.05, 4.69) is 4.72 Å². The van der Waals surface area contributed by atoms with Crippen LogP contribution in [-0.2, 0) is 23.5 Å². The molecule has 2 aromatic carbocycles. The molecule has 1 aliphatic heterocycles. The Balaban J connectivity index is 1.49. The molecule has 0 radical (unpaired) electrons. The summed E-state index contributed by atoms with van der Waals surface area (Å²) in [6.07, 6.45) is 1.73. The molecule has 0 amide bonds. The second-order valence-corrected chi connectivity index (χ2v) is 8.25. The smallest absolute Gasteiger partial charge is 0.240 e. The Kier molecular flexibility index (Phi) is 4.22. The highest BCUT2D eigenvalue weighted by atomic mass is 32.2. The maximum Gasteiger partial charge on any atom is 0.240 e. The summed E-state index contributed by atoms with van der Waals surface area (Å²) >= 11 is 0. The Morgan fingerprint density at radius 1 is 1.23 bits per heavy atom. The van der Waals surface area contributed by atoms with Gasteiger partial charge >= 0.3 is 0 Å². The number of aliphatic hydroxyl groups excluding tert-OH is 1. The molecule has 136 valence electrons. The van der Waals surface area contributed by atoms with Crippen LogP contribution >= 0.6 is 0 Å². The van der Waals surface area contributed by atoms with Crippen LogP contribution in [0.15, 0.2) is 53.6 Å². The van der Waals surface area contributed by atoms with Crippen LogP contribution in [0.2, 0.25) is 0 Å². The van der Waals surface area contributed by atoms with E-state index < -0.39 is 16.1 Å². The third-order valence-electron chi connectivity index (χ3n) is 4.73. The Morgan fingerprint density at radius 2 is 2.08 bits per heavy atom. The maximum absolute atomic E-state index is 12.5. The number of rotatable bonds is 5. The molecule has 1 atom stereocenters. The maximum atomic E-state index is 12.5. The molecule has 0 aliphatic carbocycles. The summed E-state index contributed by atoms with van der Waals surface area (Å²) in [4.78, 5) is 0.187. The average Bonchev–Trinajstić information content (AvgIpc) is 3.25. The van der Waals surface area contributed by atoms with Crippen molar-refractivity contribution in [1.82, 2.24) is 9.29 Å². The molecule has 7 heteroatoms. The number of ether oxygens (including phenoxy) is 1. The standard InChI is InChI=1S/C19H20N2O4S/c1-21-8-6-13-10-14(2-4-17(13)21)18(22)12-20-26(23,24)16-3-5-19-15(11-16)7-9-25-19/h2-6,8,10-11,18,20,22H,7,9,12H2,1H3/t18-/m0/s1. The summed E-state index contributed by atoms with van der Waals surface area (Å²) in [5.74, 6) is 0.736. The van der Waals surface area contributed by atoms with Gasteiger partial charge in [0.2, 0.25) is 10.0 Å². The first kappa shape index (κ1) is 17.1. The summed E-state index contributed by atoms with van der Waals surface area (Å²) in [6, 6.07) is 12.4. The van der Waals surface area contributed by atoms with Gasteiger partial charge in [0.05, 0.1) is 17.6 Å². The minimum atomic E-state index is -3.69. The summed E-state index contributed by atoms with van der Waals surface area (Å²) in [6.45, 7) is 0.487. The first-order valence-corrected chi connectivity index (χ1v) is 9.91. The summed E-state index contributed by atoms with van der Waals surface area (Å²) in [5.41, 5.74) is 2.62. The lowest BCUT2D eigenvalue weighted by atomic mass is 10.1. The van der Waals surface area contributed by atoms with Crippen LogP contribution in [0.3, 0.4) is 0 Å². The van der Waals surface area contributed by atoms with Gasteiger partial charge in [-0.2, -0.15) is 0 Å². The van der Waals surface area contributed by atoms with E-state index in [1.807, 2.05) is 42.1 Å². The predicted molar refractivity (Wildman–Crippen MR) is 98.7 cm³/mol. The number of sulfonamides is 1. The highest BCUT2D eigenvalue weighted by Crippen LogP contribution is 2.27. The summed E-state index contributed by atoms with van der Waals surface area (Å²) in [7, 11) is -1.74. The molecule has 1 aromatic heterocycles. The fourth-order valence-corrected chi connectivity index (χ4v) is 4.32. The van der Waals surface area contributed by atoms with Crippen LogP contribution in [0.4, 0.5) is 0 Å². The van der Waals surface area contributed by atoms with Crippen LogP contribution in [0.25, 0.3) is 10.9 Å². The van der Waals surface area contributed by atoms with Gasteiger partial charge in [0.1, 0.15) is 5.75 Å². The highest BCUT2D eigenvalue weighted by molar-refractivity contribution is 7.89. The fourth-order valence-electron chi connectivity index (χ4n) is 3.23. The monoisotopic (exact) mass is 372 g/mol. The van der Waals surface area contributed by atoms with E-state index in [1.165, 1.54) is 6.07 Å². The first-order valence-electron chi connectivity index (χ1n) is 8.42. The van der Waals surface area contributed by atoms with Gasteiger partial charge in [-0.15, -0.1) is 0 Å². The van der Waals surface area contributed by atoms with Gasteiger partial charge in [-0.3, -0.25) is 0 Å². The van der Waals surface area contributed by atoms with E-state index in [0.29, 0.717) is 18.6 Å². The van der Waals surface area contributed by atoms with E-state index in [9.17, 15) is 13.5 Å². The zero-order valence-electron chi connectivity index (χ0n) is 14.3. The molecule has 1 aliphatic rings. The van der Waals surface area contributed by atoms with Crippen LogP contribution in [0.5, 0.6) is 5.75 Å². The lowest BCUT2D eigenvalue weighted by Crippen LogP contribution is -2.28. The average molecular weight is 372 g/mol. The third-order valence-corrected chi connectivity index (χ3v) is 6.15. The number of nitrogens with zero attached hydrogens (tertiary/aromatic N) is 1. The SMILES string of the molecule is Cn1ccc2cc([C@@H](O)CNS(=O)(=O)c3ccc4c(c3)CCO4)ccc21. The summed E-state index contributed by atoms with van der Waals surface area (Å²) in [5, 5.41) is 11.4. The van der Waals surface area contributed by atoms with Crippen LogP contribution in [-0.4, -0.2) is 31.2 Å². The topological polar surface area (TPSA) is 80.6 Å². The number of fused-ring (bicyclic) bond motifs is 2. The molecule has 0 spiro atoms. The Morgan fingerprint density at radius 3 is 2.92 bits per heavy atom. The van der Waals surface area contributed by atoms with Crippen LogP contribution in [0.1, 0.15) is 17.2 Å². The zero-order valence-corrected chi connectivity index (χ0v) is 15.2. The van der Waals surface area contributed by atoms with Gasteiger partial charge in [0, 0.05) is 31.7 Å². The number of hydrogen-bond acceptors (Lipinski definition) is 4. The van der Waals surface area contributed by atoms with Crippen LogP contribution < -0.4 is 9.46 Å². The van der Waals surface area contributed by atoms with Gasteiger partial charge in [-0.1, -0.05) is 6.07 Å². The normalized spacial score (nSPS) is 15.0. The van der Waals surface area contributed by atoms with Gasteiger partial charge in [0.15, 0.2) is 0 Å². The molecular weight excluding hydrogens is 352 g/mol. The van der Waals surface area contributed by atoms with Gasteiger partial charge in [-0.05, 0) is 52.9 Å². The fraction of sp³-hybridized carbons (Fsp3) is 0.263. The van der Waals surface area contributed by atoms with Crippen molar-refractivity contribution >= 4 is 20.9 Å². The second-order valence-electron chi connectivity index (χ2n) is 6.48. The lowest BCUT2D eigenvalue weighted by molar-refractivity contribution is 0.182. The first-order chi connectivity index (χ1) is 12.4. The van der Waals surface area contributed by atoms with Gasteiger partial charge < -0.3 is 14.4 Å². The van der Waals surface area contributed by atoms with Crippen molar-refractivity contribution in [1.29, 1.82) is 0 Å². The van der Waals surface area contributed by atoms with Crippen molar-refractivity contribution in [2.45, 2.75) is 17.4 Å². The number of aromatic nitrogens is 1. The van der Waals surface area contributed by atoms with E-state index in [0.717, 1.165) is 22.2 Å². The van der Waals surface area contributed by atoms with Crippen molar-refractivity contribution in [2.75, 3.05) is 13.2 Å². The van der Waals surface area contributed by atoms with E-state index in [1.54, 1.807) is 12.1 Å². The van der Waals surface area contributed by atoms with Gasteiger partial charge in [-0.25, -0.2) is 13.1 Å². The molecule has 0 bridgehead atoms. The largest absolute Gasteiger partial charge is 0.493 e. The van der Waals surface area contributed by atoms with Crippen LogP contribution in [0, 0.1) is 0 Å². The molecule has 0 fully saturated rings. The van der Waals surface area contributed by atoms with Crippen molar-refractivity contribution < 1.29 is 18.3 Å². The molecule has 4 rings (SSSR count). The molecule has 0 saturated carbocycles. The molecular formula is C19H20N2O4S. The van der Waals surface area contributed by atoms with E-state index >= 15 is 0 Å². The zero-order chi connectivity index (χ0) is 18.3. The lowest BCUT2D eigenvalue weighted by Gasteiger charge is -2.13. The molecule has 26 heavy (non-hydrogen) atoms. The molecule has 3 aromatic rings. The van der Waals surface area contributed by atoms with Gasteiger partial charge in [0.25, 0.3) is 0 Å². The number of hydrogen-bond donors (Lipinski definition) is 2. The summed E-state index contributed by atoms with van der Waals surface area (Å²) < 4.78 is 34.9. The van der Waals surface area contributed by atoms with E-state index in [-0.39, 0.29) is 11.4 Å². The predicted octanol–water partition coefficient (Wildman–Crippen LogP) is 2.13. The van der Waals surface area contributed by atoms with Crippen molar-refractivity contribution in [3.05, 3.63) is 59.8 Å². The highest BCUT2D eigenvalue weighted by Gasteiger charge is 2.20. The number of benzene rings is 2. The van der Waals surface area contributed by atoms with Crippen molar-refractivity contribution in [3.63, 3.8) is 0 Å². The van der Waals surface area contributed by atoms with Crippen molar-refractivity contribution in [3.8, 4) is 5.75 Å². The molecule has 0 saturated heterocycles. The number of aliphatic hydroxyl groups is 1. The number of aryl methyl sites for hydroxylation is 1. The molecule has 2 N–H and O–H groups in total. The molecule has 0 unspecified atom stereocenters. The minimum Gasteiger partial charge on any atom is -0.493 e. The second kappa shape index (κ2) is 6.42.